The number of rotatable bonds is 17. The fourth-order valence-corrected chi connectivity index (χ4v) is 9.83. The number of piperazine rings is 1. The molecule has 6 N–H and O–H groups in total. The number of amides is 4. The molecule has 0 bridgehead atoms. The first-order chi connectivity index (χ1) is 34.9. The number of likely N-dealkylation sites (N-methyl/N-ethyl adjacent to an activating group) is 1. The number of para-hydroxylation sites is 1. The van der Waals surface area contributed by atoms with Crippen LogP contribution in [0.25, 0.3) is 10.9 Å². The zero-order valence-electron chi connectivity index (χ0n) is 43.4. The second-order valence-electron chi connectivity index (χ2n) is 20.7. The molecule has 5 aromatic rings. The van der Waals surface area contributed by atoms with Crippen LogP contribution in [0.1, 0.15) is 82.9 Å². The van der Waals surface area contributed by atoms with Gasteiger partial charge in [0.15, 0.2) is 15.7 Å². The number of nitrogens with zero attached hydrogens (tertiary/aromatic N) is 8. The van der Waals surface area contributed by atoms with Gasteiger partial charge in [0.25, 0.3) is 5.91 Å². The van der Waals surface area contributed by atoms with E-state index in [0.29, 0.717) is 67.6 Å². The van der Waals surface area contributed by atoms with E-state index in [1.54, 1.807) is 67.6 Å². The third-order valence-corrected chi connectivity index (χ3v) is 15.9. The molecule has 24 heteroatoms. The van der Waals surface area contributed by atoms with Crippen molar-refractivity contribution in [3.05, 3.63) is 77.5 Å². The summed E-state index contributed by atoms with van der Waals surface area (Å²) in [5.74, 6) is -2.90. The summed E-state index contributed by atoms with van der Waals surface area (Å²) in [6, 6.07) is 2.55. The van der Waals surface area contributed by atoms with Gasteiger partial charge in [-0.1, -0.05) is 26.8 Å². The third-order valence-electron chi connectivity index (χ3n) is 13.4. The maximum absolute atomic E-state index is 14.7. The molecule has 0 unspecified atom stereocenters. The number of aromatic nitrogens is 6. The van der Waals surface area contributed by atoms with Crippen molar-refractivity contribution < 1.29 is 41.1 Å². The average Bonchev–Trinajstić information content (AvgIpc) is 3.93. The van der Waals surface area contributed by atoms with Gasteiger partial charge in [-0.15, -0.1) is 0 Å². The van der Waals surface area contributed by atoms with E-state index in [9.17, 15) is 36.4 Å². The molecule has 0 spiro atoms. The Morgan fingerprint density at radius 3 is 2.22 bits per heavy atom. The van der Waals surface area contributed by atoms with E-state index in [0.717, 1.165) is 29.5 Å². The van der Waals surface area contributed by atoms with Gasteiger partial charge < -0.3 is 41.1 Å². The number of fused-ring (bicyclic) bond motifs is 1. The highest BCUT2D eigenvalue weighted by Gasteiger charge is 2.46. The fraction of sp³-hybridized carbons (Fsp3) is 0.500. The quantitative estimate of drug-likeness (QED) is 0.0705. The molecule has 0 aliphatic carbocycles. The molecule has 2 fully saturated rings. The summed E-state index contributed by atoms with van der Waals surface area (Å²) in [6.45, 7) is 19.0. The van der Waals surface area contributed by atoms with Gasteiger partial charge in [0.1, 0.15) is 52.2 Å². The number of carbonyl (C=O) groups is 4. The van der Waals surface area contributed by atoms with Gasteiger partial charge in [-0.05, 0) is 85.0 Å². The lowest BCUT2D eigenvalue weighted by Crippen LogP contribution is -2.59. The van der Waals surface area contributed by atoms with Gasteiger partial charge in [-0.3, -0.25) is 29.2 Å². The summed E-state index contributed by atoms with van der Waals surface area (Å²) in [5, 5.41) is 21.7. The van der Waals surface area contributed by atoms with Gasteiger partial charge >= 0.3 is 0 Å². The Morgan fingerprint density at radius 1 is 0.932 bits per heavy atom. The monoisotopic (exact) mass is 1040 g/mol. The van der Waals surface area contributed by atoms with Crippen LogP contribution in [0, 0.1) is 30.9 Å². The van der Waals surface area contributed by atoms with Crippen molar-refractivity contribution in [3.8, 4) is 5.75 Å². The van der Waals surface area contributed by atoms with Crippen molar-refractivity contribution in [1.29, 1.82) is 0 Å². The van der Waals surface area contributed by atoms with Crippen LogP contribution >= 0.6 is 0 Å². The Balaban J connectivity index is 0.954. The van der Waals surface area contributed by atoms with E-state index in [1.165, 1.54) is 23.6 Å². The molecule has 398 valence electrons. The van der Waals surface area contributed by atoms with Crippen molar-refractivity contribution >= 4 is 67.6 Å². The number of aryl methyl sites for hydroxylation is 1. The van der Waals surface area contributed by atoms with Crippen molar-refractivity contribution in [2.75, 3.05) is 68.5 Å². The van der Waals surface area contributed by atoms with Crippen LogP contribution in [0.3, 0.4) is 0 Å². The Bertz CT molecular complexity index is 2970. The first-order valence-electron chi connectivity index (χ1n) is 24.5. The molecule has 74 heavy (non-hydrogen) atoms. The van der Waals surface area contributed by atoms with Crippen molar-refractivity contribution in [2.45, 2.75) is 109 Å². The number of benzene rings is 2. The summed E-state index contributed by atoms with van der Waals surface area (Å²) < 4.78 is 62.3. The topological polar surface area (TPSA) is 262 Å². The fourth-order valence-electron chi connectivity index (χ4n) is 8.52. The predicted molar refractivity (Wildman–Crippen MR) is 275 cm³/mol. The van der Waals surface area contributed by atoms with Crippen molar-refractivity contribution in [3.63, 3.8) is 0 Å². The number of H-pyrrole nitrogens is 1. The Hall–Kier alpha value is -6.92. The molecule has 0 radical (unpaired) electrons. The number of aromatic amines is 1. The number of hydrogen-bond acceptors (Lipinski definition) is 16. The lowest BCUT2D eigenvalue weighted by atomic mass is 9.85. The number of nitrogens with one attached hydrogen (secondary N) is 6. The number of hydrogen-bond donors (Lipinski definition) is 6. The Morgan fingerprint density at radius 2 is 1.61 bits per heavy atom. The number of halogens is 2. The van der Waals surface area contributed by atoms with Gasteiger partial charge in [0.05, 0.1) is 28.5 Å². The lowest BCUT2D eigenvalue weighted by molar-refractivity contribution is -0.143. The molecule has 2 aliphatic rings. The summed E-state index contributed by atoms with van der Waals surface area (Å²) in [6.07, 6.45) is 4.69. The second kappa shape index (κ2) is 22.3. The SMILES string of the molecule is CN[C@@H](C)C(=O)N[C@H](C(=O)N1C[C@@H](NC(=O)c2cnc(N3CCN(CCCOc4cc5ncnc(Nc6n[nH]c(C)c6C)c5cc4S(=O)(=O)C(C)(C)C)CC3)nc2)C[C@H]1C(=O)Nc1c(F)cccc1F)C(C)(C)C. The molecule has 21 nitrogen and oxygen atoms in total. The van der Waals surface area contributed by atoms with Crippen LogP contribution < -0.4 is 36.2 Å². The minimum Gasteiger partial charge on any atom is -0.492 e. The van der Waals surface area contributed by atoms with Gasteiger partial charge in [0, 0.05) is 80.4 Å². The van der Waals surface area contributed by atoms with Crippen molar-refractivity contribution in [1.82, 2.24) is 55.9 Å². The maximum atomic E-state index is 14.7. The van der Waals surface area contributed by atoms with Crippen LogP contribution in [0.5, 0.6) is 5.75 Å². The zero-order valence-corrected chi connectivity index (χ0v) is 44.2. The summed E-state index contributed by atoms with van der Waals surface area (Å²) in [5.41, 5.74) is 0.919. The number of sulfone groups is 1. The minimum absolute atomic E-state index is 0.0436. The predicted octanol–water partition coefficient (Wildman–Crippen LogP) is 4.42. The van der Waals surface area contributed by atoms with E-state index >= 15 is 0 Å². The summed E-state index contributed by atoms with van der Waals surface area (Å²) in [7, 11) is -2.27. The van der Waals surface area contributed by atoms with Crippen LogP contribution in [-0.2, 0) is 24.2 Å². The molecule has 4 atom stereocenters. The van der Waals surface area contributed by atoms with E-state index in [4.69, 9.17) is 4.74 Å². The lowest BCUT2D eigenvalue weighted by Gasteiger charge is -2.36. The highest BCUT2D eigenvalue weighted by Crippen LogP contribution is 2.37. The number of likely N-dealkylation sites (tertiary alicyclic amines) is 1. The normalized spacial score (nSPS) is 17.5. The molecule has 7 rings (SSSR count). The Kier molecular flexibility index (Phi) is 16.5. The summed E-state index contributed by atoms with van der Waals surface area (Å²) in [4.78, 5) is 78.1. The first-order valence-corrected chi connectivity index (χ1v) is 25.9. The van der Waals surface area contributed by atoms with E-state index in [-0.39, 0.29) is 35.8 Å². The summed E-state index contributed by atoms with van der Waals surface area (Å²) >= 11 is 0. The van der Waals surface area contributed by atoms with Crippen LogP contribution in [0.4, 0.5) is 32.1 Å². The minimum atomic E-state index is -3.87. The van der Waals surface area contributed by atoms with Crippen LogP contribution in [-0.4, -0.2) is 154 Å². The molecule has 5 heterocycles. The third kappa shape index (κ3) is 12.2. The second-order valence-corrected chi connectivity index (χ2v) is 23.4. The highest BCUT2D eigenvalue weighted by molar-refractivity contribution is 7.92. The number of carbonyl (C=O) groups excluding carboxylic acids is 4. The van der Waals surface area contributed by atoms with Gasteiger partial charge in [-0.2, -0.15) is 5.10 Å². The standard InChI is InChI=1S/C50H66F2N14O7S/c1-28-29(2)62-63-42(28)61-43-33-22-39(74(71,72)50(7,8)9)38(23-36(33)56-27-57-43)73-20-12-15-64-16-18-65(19-17-64)48-54-24-31(25-55-48)45(68)58-32-21-37(46(69)59-40-34(51)13-11-14-35(40)52)66(26-32)47(70)41(49(4,5)6)60-44(67)30(3)53-10/h11,13-14,22-25,27,30,32,37,41,53H,12,15-21,26H2,1-10H3,(H,58,68)(H,59,69)(H,60,67)(H2,56,57,61,62,63)/t30-,32-,37-,41+/m0/s1. The largest absolute Gasteiger partial charge is 0.492 e. The molecule has 0 saturated carbocycles. The molecular weight excluding hydrogens is 979 g/mol. The van der Waals surface area contributed by atoms with E-state index in [2.05, 4.69) is 61.6 Å². The average molecular weight is 1050 g/mol. The molecule has 2 saturated heterocycles. The van der Waals surface area contributed by atoms with Crippen LogP contribution in [0.2, 0.25) is 0 Å². The highest BCUT2D eigenvalue weighted by atomic mass is 32.2. The van der Waals surface area contributed by atoms with E-state index < -0.39 is 85.1 Å². The molecule has 4 amide bonds. The zero-order chi connectivity index (χ0) is 53.9. The van der Waals surface area contributed by atoms with Gasteiger partial charge in [0.2, 0.25) is 23.7 Å². The number of ether oxygens (including phenoxy) is 1. The maximum Gasteiger partial charge on any atom is 0.254 e. The smallest absolute Gasteiger partial charge is 0.254 e. The molecule has 3 aromatic heterocycles. The molecule has 2 aliphatic heterocycles. The Labute approximate surface area is 429 Å². The first kappa shape index (κ1) is 54.8. The molecular formula is C50H66F2N14O7S. The number of anilines is 4. The van der Waals surface area contributed by atoms with Crippen LogP contribution in [0.15, 0.2) is 53.9 Å². The van der Waals surface area contributed by atoms with Gasteiger partial charge in [-0.25, -0.2) is 37.1 Å². The van der Waals surface area contributed by atoms with Crippen molar-refractivity contribution in [2.24, 2.45) is 5.41 Å². The molecule has 2 aromatic carbocycles. The van der Waals surface area contributed by atoms with E-state index in [1.807, 2.05) is 18.7 Å².